The molecule has 0 aliphatic heterocycles. The molecule has 1 N–H and O–H groups in total. The van der Waals surface area contributed by atoms with Crippen LogP contribution in [0.5, 0.6) is 11.5 Å². The molecule has 0 aromatic heterocycles. The lowest BCUT2D eigenvalue weighted by molar-refractivity contribution is 0.479. The molecule has 3 heteroatoms. The van der Waals surface area contributed by atoms with Crippen LogP contribution in [0.1, 0.15) is 31.9 Å². The molecule has 0 aliphatic carbocycles. The van der Waals surface area contributed by atoms with Gasteiger partial charge in [0.25, 0.3) is 0 Å². The van der Waals surface area contributed by atoms with Crippen molar-refractivity contribution in [2.45, 2.75) is 26.3 Å². The topological polar surface area (TPSA) is 21.3 Å². The van der Waals surface area contributed by atoms with Gasteiger partial charge < -0.3 is 10.1 Å². The van der Waals surface area contributed by atoms with Crippen molar-refractivity contribution < 1.29 is 4.74 Å². The molecule has 0 amide bonds. The number of hydrogen-bond acceptors (Lipinski definition) is 2. The first kappa shape index (κ1) is 15.3. The van der Waals surface area contributed by atoms with Gasteiger partial charge in [0.05, 0.1) is 0 Å². The third-order valence-corrected chi connectivity index (χ3v) is 3.83. The van der Waals surface area contributed by atoms with Gasteiger partial charge in [-0.05, 0) is 84.4 Å². The fourth-order valence-electron chi connectivity index (χ4n) is 1.96. The summed E-state index contributed by atoms with van der Waals surface area (Å²) in [4.78, 5) is 0. The van der Waals surface area contributed by atoms with Gasteiger partial charge in [0.15, 0.2) is 0 Å². The first-order valence-corrected chi connectivity index (χ1v) is 8.03. The summed E-state index contributed by atoms with van der Waals surface area (Å²) in [6.45, 7) is 5.39. The Bertz CT molecular complexity index is 539. The van der Waals surface area contributed by atoms with E-state index in [1.54, 1.807) is 0 Å². The summed E-state index contributed by atoms with van der Waals surface area (Å²) in [6.07, 6.45) is 1.14. The average Bonchev–Trinajstić information content (AvgIpc) is 2.47. The Morgan fingerprint density at radius 3 is 2.55 bits per heavy atom. The van der Waals surface area contributed by atoms with E-state index >= 15 is 0 Å². The van der Waals surface area contributed by atoms with E-state index in [9.17, 15) is 0 Å². The highest BCUT2D eigenvalue weighted by molar-refractivity contribution is 14.1. The lowest BCUT2D eigenvalue weighted by Crippen LogP contribution is -2.19. The highest BCUT2D eigenvalue weighted by Crippen LogP contribution is 2.25. The minimum Gasteiger partial charge on any atom is -0.457 e. The number of nitrogens with one attached hydrogen (secondary N) is 1. The van der Waals surface area contributed by atoms with Gasteiger partial charge in [-0.15, -0.1) is 0 Å². The van der Waals surface area contributed by atoms with E-state index in [2.05, 4.69) is 53.9 Å². The van der Waals surface area contributed by atoms with Gasteiger partial charge >= 0.3 is 0 Å². The summed E-state index contributed by atoms with van der Waals surface area (Å²) >= 11 is 2.29. The molecule has 2 nitrogen and oxygen atoms in total. The molecule has 2 aromatic carbocycles. The number of benzene rings is 2. The van der Waals surface area contributed by atoms with Crippen LogP contribution in [0.3, 0.4) is 0 Å². The molecule has 0 saturated heterocycles. The van der Waals surface area contributed by atoms with Crippen LogP contribution in [0.15, 0.2) is 48.5 Å². The quantitative estimate of drug-likeness (QED) is 0.700. The lowest BCUT2D eigenvalue weighted by atomic mass is 10.1. The van der Waals surface area contributed by atoms with E-state index < -0.39 is 0 Å². The Morgan fingerprint density at radius 1 is 1.10 bits per heavy atom. The maximum absolute atomic E-state index is 5.90. The van der Waals surface area contributed by atoms with E-state index in [0.29, 0.717) is 6.04 Å². The van der Waals surface area contributed by atoms with Gasteiger partial charge in [-0.3, -0.25) is 0 Å². The maximum atomic E-state index is 5.90. The molecular weight excluding hydrogens is 361 g/mol. The zero-order chi connectivity index (χ0) is 14.4. The number of halogens is 1. The molecular formula is C17H20INO. The average molecular weight is 381 g/mol. The SMILES string of the molecule is CCCNC(C)c1cccc(Oc2ccc(I)cc2)c1. The Balaban J connectivity index is 2.07. The predicted molar refractivity (Wildman–Crippen MR) is 92.4 cm³/mol. The van der Waals surface area contributed by atoms with E-state index in [-0.39, 0.29) is 0 Å². The predicted octanol–water partition coefficient (Wildman–Crippen LogP) is 5.14. The van der Waals surface area contributed by atoms with Crippen molar-refractivity contribution in [3.8, 4) is 11.5 Å². The molecule has 2 aromatic rings. The third-order valence-electron chi connectivity index (χ3n) is 3.11. The van der Waals surface area contributed by atoms with Crippen molar-refractivity contribution in [1.29, 1.82) is 0 Å². The smallest absolute Gasteiger partial charge is 0.127 e. The van der Waals surface area contributed by atoms with Crippen LogP contribution < -0.4 is 10.1 Å². The molecule has 0 heterocycles. The van der Waals surface area contributed by atoms with E-state index in [0.717, 1.165) is 24.5 Å². The molecule has 0 fully saturated rings. The second kappa shape index (κ2) is 7.64. The Kier molecular flexibility index (Phi) is 5.86. The molecule has 2 rings (SSSR count). The molecule has 106 valence electrons. The zero-order valence-electron chi connectivity index (χ0n) is 11.9. The van der Waals surface area contributed by atoms with E-state index in [1.807, 2.05) is 36.4 Å². The van der Waals surface area contributed by atoms with Crippen molar-refractivity contribution >= 4 is 22.6 Å². The van der Waals surface area contributed by atoms with Gasteiger partial charge in [0.2, 0.25) is 0 Å². The molecule has 1 atom stereocenters. The normalized spacial score (nSPS) is 12.2. The second-order valence-corrected chi connectivity index (χ2v) is 6.05. The second-order valence-electron chi connectivity index (χ2n) is 4.80. The van der Waals surface area contributed by atoms with Gasteiger partial charge in [0, 0.05) is 9.61 Å². The standard InChI is InChI=1S/C17H20INO/c1-3-11-19-13(2)14-5-4-6-17(12-14)20-16-9-7-15(18)8-10-16/h4-10,12-13,19H,3,11H2,1-2H3. The fourth-order valence-corrected chi connectivity index (χ4v) is 2.32. The summed E-state index contributed by atoms with van der Waals surface area (Å²) in [5.74, 6) is 1.76. The van der Waals surface area contributed by atoms with Crippen molar-refractivity contribution in [1.82, 2.24) is 5.32 Å². The van der Waals surface area contributed by atoms with Crippen LogP contribution in [0, 0.1) is 3.57 Å². The van der Waals surface area contributed by atoms with Crippen LogP contribution in [0.25, 0.3) is 0 Å². The van der Waals surface area contributed by atoms with Crippen molar-refractivity contribution in [3.05, 3.63) is 57.7 Å². The third kappa shape index (κ3) is 4.49. The summed E-state index contributed by atoms with van der Waals surface area (Å²) in [7, 11) is 0. The Morgan fingerprint density at radius 2 is 1.85 bits per heavy atom. The number of hydrogen-bond donors (Lipinski definition) is 1. The van der Waals surface area contributed by atoms with Crippen LogP contribution in [-0.2, 0) is 0 Å². The first-order chi connectivity index (χ1) is 9.69. The summed E-state index contributed by atoms with van der Waals surface area (Å²) in [5, 5.41) is 3.49. The molecule has 0 radical (unpaired) electrons. The van der Waals surface area contributed by atoms with Gasteiger partial charge in [-0.2, -0.15) is 0 Å². The minimum absolute atomic E-state index is 0.343. The molecule has 0 saturated carbocycles. The number of rotatable bonds is 6. The Hall–Kier alpha value is -1.07. The summed E-state index contributed by atoms with van der Waals surface area (Å²) in [5.41, 5.74) is 1.25. The van der Waals surface area contributed by atoms with Gasteiger partial charge in [-0.25, -0.2) is 0 Å². The van der Waals surface area contributed by atoms with Crippen LogP contribution in [0.2, 0.25) is 0 Å². The molecule has 0 aliphatic rings. The van der Waals surface area contributed by atoms with Gasteiger partial charge in [-0.1, -0.05) is 19.1 Å². The van der Waals surface area contributed by atoms with Crippen molar-refractivity contribution in [2.75, 3.05) is 6.54 Å². The van der Waals surface area contributed by atoms with Crippen LogP contribution >= 0.6 is 22.6 Å². The van der Waals surface area contributed by atoms with Gasteiger partial charge in [0.1, 0.15) is 11.5 Å². The molecule has 20 heavy (non-hydrogen) atoms. The minimum atomic E-state index is 0.343. The fraction of sp³-hybridized carbons (Fsp3) is 0.294. The monoisotopic (exact) mass is 381 g/mol. The highest BCUT2D eigenvalue weighted by Gasteiger charge is 2.05. The van der Waals surface area contributed by atoms with Crippen LogP contribution in [-0.4, -0.2) is 6.54 Å². The maximum Gasteiger partial charge on any atom is 0.127 e. The lowest BCUT2D eigenvalue weighted by Gasteiger charge is -2.15. The largest absolute Gasteiger partial charge is 0.457 e. The van der Waals surface area contributed by atoms with E-state index in [4.69, 9.17) is 4.74 Å². The summed E-state index contributed by atoms with van der Waals surface area (Å²) < 4.78 is 7.11. The molecule has 0 spiro atoms. The highest BCUT2D eigenvalue weighted by atomic mass is 127. The number of ether oxygens (including phenoxy) is 1. The van der Waals surface area contributed by atoms with E-state index in [1.165, 1.54) is 9.13 Å². The Labute approximate surface area is 134 Å². The molecule has 0 bridgehead atoms. The molecule has 1 unspecified atom stereocenters. The summed E-state index contributed by atoms with van der Waals surface area (Å²) in [6, 6.07) is 16.7. The van der Waals surface area contributed by atoms with Crippen molar-refractivity contribution in [3.63, 3.8) is 0 Å². The zero-order valence-corrected chi connectivity index (χ0v) is 14.1. The van der Waals surface area contributed by atoms with Crippen LogP contribution in [0.4, 0.5) is 0 Å². The first-order valence-electron chi connectivity index (χ1n) is 6.96. The van der Waals surface area contributed by atoms with Crippen molar-refractivity contribution in [2.24, 2.45) is 0 Å².